The summed E-state index contributed by atoms with van der Waals surface area (Å²) in [5.41, 5.74) is 1.17. The van der Waals surface area contributed by atoms with Crippen molar-refractivity contribution in [3.8, 4) is 11.4 Å². The van der Waals surface area contributed by atoms with Gasteiger partial charge >= 0.3 is 5.69 Å². The summed E-state index contributed by atoms with van der Waals surface area (Å²) in [6.07, 6.45) is 1.97. The van der Waals surface area contributed by atoms with E-state index in [0.717, 1.165) is 29.2 Å². The third-order valence-electron chi connectivity index (χ3n) is 5.24. The molecule has 0 radical (unpaired) electrons. The van der Waals surface area contributed by atoms with E-state index in [1.807, 2.05) is 39.8 Å². The Balaban J connectivity index is 2.06. The second-order valence-corrected chi connectivity index (χ2v) is 7.86. The summed E-state index contributed by atoms with van der Waals surface area (Å²) in [4.78, 5) is 25.6. The van der Waals surface area contributed by atoms with Gasteiger partial charge in [-0.2, -0.15) is 4.68 Å². The van der Waals surface area contributed by atoms with E-state index in [1.54, 1.807) is 19.2 Å². The Morgan fingerprint density at radius 3 is 2.50 bits per heavy atom. The van der Waals surface area contributed by atoms with E-state index in [4.69, 9.17) is 4.74 Å². The van der Waals surface area contributed by atoms with Crippen LogP contribution in [0, 0.1) is 12.7 Å². The Kier molecular flexibility index (Phi) is 7.12. The van der Waals surface area contributed by atoms with E-state index < -0.39 is 17.4 Å². The lowest BCUT2D eigenvalue weighted by Gasteiger charge is -2.18. The van der Waals surface area contributed by atoms with E-state index in [-0.39, 0.29) is 23.1 Å². The fourth-order valence-corrected chi connectivity index (χ4v) is 3.44. The van der Waals surface area contributed by atoms with Crippen molar-refractivity contribution in [2.24, 2.45) is 7.05 Å². The third-order valence-corrected chi connectivity index (χ3v) is 5.24. The number of ether oxygens (including phenoxy) is 1. The van der Waals surface area contributed by atoms with Gasteiger partial charge in [-0.15, -0.1) is 5.10 Å². The fourth-order valence-electron chi connectivity index (χ4n) is 3.44. The van der Waals surface area contributed by atoms with Gasteiger partial charge in [-0.05, 0) is 38.5 Å². The number of nitrogens with one attached hydrogen (secondary N) is 1. The molecular formula is C24H29FN4O3. The molecule has 3 rings (SSSR count). The maximum Gasteiger partial charge on any atom is 0.350 e. The van der Waals surface area contributed by atoms with Crippen molar-refractivity contribution in [1.82, 2.24) is 14.3 Å². The van der Waals surface area contributed by atoms with Crippen molar-refractivity contribution >= 4 is 11.6 Å². The van der Waals surface area contributed by atoms with Gasteiger partial charge in [-0.3, -0.25) is 9.36 Å². The fraction of sp³-hybridized carbons (Fsp3) is 0.375. The van der Waals surface area contributed by atoms with Crippen molar-refractivity contribution in [2.75, 3.05) is 5.32 Å². The molecule has 0 fully saturated rings. The number of anilines is 1. The van der Waals surface area contributed by atoms with Crippen molar-refractivity contribution in [3.05, 3.63) is 69.7 Å². The molecule has 1 N–H and O–H groups in total. The zero-order valence-corrected chi connectivity index (χ0v) is 19.1. The van der Waals surface area contributed by atoms with Crippen LogP contribution in [-0.2, 0) is 13.5 Å². The van der Waals surface area contributed by atoms with E-state index in [2.05, 4.69) is 10.4 Å². The molecule has 0 aliphatic heterocycles. The normalized spacial score (nSPS) is 11.9. The lowest BCUT2D eigenvalue weighted by molar-refractivity contribution is 0.101. The van der Waals surface area contributed by atoms with Crippen LogP contribution in [0.15, 0.2) is 41.2 Å². The van der Waals surface area contributed by atoms with Crippen LogP contribution in [0.5, 0.6) is 5.75 Å². The molecule has 1 amide bonds. The largest absolute Gasteiger partial charge is 0.490 e. The summed E-state index contributed by atoms with van der Waals surface area (Å²) in [5, 5.41) is 7.01. The molecule has 7 nitrogen and oxygen atoms in total. The summed E-state index contributed by atoms with van der Waals surface area (Å²) in [6.45, 7) is 7.73. The first-order chi connectivity index (χ1) is 15.2. The second kappa shape index (κ2) is 9.80. The number of hydrogen-bond acceptors (Lipinski definition) is 4. The highest BCUT2D eigenvalue weighted by Crippen LogP contribution is 2.28. The Morgan fingerprint density at radius 1 is 1.22 bits per heavy atom. The van der Waals surface area contributed by atoms with Gasteiger partial charge in [0.25, 0.3) is 5.91 Å². The van der Waals surface area contributed by atoms with E-state index >= 15 is 4.39 Å². The topological polar surface area (TPSA) is 78.2 Å². The molecule has 0 spiro atoms. The molecule has 0 bridgehead atoms. The molecule has 1 unspecified atom stereocenters. The van der Waals surface area contributed by atoms with Gasteiger partial charge in [0.15, 0.2) is 0 Å². The predicted octanol–water partition coefficient (Wildman–Crippen LogP) is 4.40. The van der Waals surface area contributed by atoms with Crippen LogP contribution in [-0.4, -0.2) is 26.4 Å². The minimum absolute atomic E-state index is 0.0504. The number of aromatic nitrogens is 3. The average Bonchev–Trinajstić information content (AvgIpc) is 3.04. The maximum absolute atomic E-state index is 15.1. The van der Waals surface area contributed by atoms with Crippen LogP contribution < -0.4 is 15.7 Å². The van der Waals surface area contributed by atoms with Gasteiger partial charge in [-0.25, -0.2) is 9.18 Å². The summed E-state index contributed by atoms with van der Waals surface area (Å²) < 4.78 is 23.5. The van der Waals surface area contributed by atoms with Crippen molar-refractivity contribution in [1.29, 1.82) is 0 Å². The Hall–Kier alpha value is -3.42. The molecule has 0 aliphatic carbocycles. The molecule has 2 aromatic carbocycles. The number of hydrogen-bond donors (Lipinski definition) is 1. The Bertz CT molecular complexity index is 1170. The Morgan fingerprint density at radius 2 is 1.91 bits per heavy atom. The Labute approximate surface area is 186 Å². The number of rotatable bonds is 8. The zero-order valence-electron chi connectivity index (χ0n) is 19.1. The number of carbonyl (C=O) groups excluding carboxylic acids is 1. The number of amides is 1. The first-order valence-corrected chi connectivity index (χ1v) is 10.8. The van der Waals surface area contributed by atoms with E-state index in [1.165, 1.54) is 10.6 Å². The molecule has 0 aliphatic rings. The minimum Gasteiger partial charge on any atom is -0.490 e. The monoisotopic (exact) mass is 440 g/mol. The molecular weight excluding hydrogens is 411 g/mol. The van der Waals surface area contributed by atoms with Gasteiger partial charge in [0.1, 0.15) is 23.1 Å². The number of aryl methyl sites for hydroxylation is 2. The summed E-state index contributed by atoms with van der Waals surface area (Å²) >= 11 is 0. The number of carbonyl (C=O) groups is 1. The molecule has 32 heavy (non-hydrogen) atoms. The van der Waals surface area contributed by atoms with Gasteiger partial charge in [0, 0.05) is 25.2 Å². The van der Waals surface area contributed by atoms with E-state index in [9.17, 15) is 9.59 Å². The van der Waals surface area contributed by atoms with Crippen LogP contribution in [0.3, 0.4) is 0 Å². The molecule has 0 saturated heterocycles. The highest BCUT2D eigenvalue weighted by atomic mass is 19.1. The van der Waals surface area contributed by atoms with Gasteiger partial charge in [-0.1, -0.05) is 38.0 Å². The van der Waals surface area contributed by atoms with Crippen LogP contribution >= 0.6 is 0 Å². The summed E-state index contributed by atoms with van der Waals surface area (Å²) in [5.74, 6) is -0.516. The van der Waals surface area contributed by atoms with Crippen molar-refractivity contribution in [2.45, 2.75) is 53.1 Å². The molecule has 1 heterocycles. The lowest BCUT2D eigenvalue weighted by atomic mass is 10.1. The maximum atomic E-state index is 15.1. The average molecular weight is 441 g/mol. The van der Waals surface area contributed by atoms with Crippen LogP contribution in [0.25, 0.3) is 5.69 Å². The van der Waals surface area contributed by atoms with Gasteiger partial charge in [0.05, 0.1) is 11.7 Å². The SMILES string of the molecule is CCCC(C)Oc1cc(-n2nc(CC)n(C)c2=O)c(F)cc1C(=O)Nc1ccc(C)cc1. The highest BCUT2D eigenvalue weighted by Gasteiger charge is 2.22. The second-order valence-electron chi connectivity index (χ2n) is 7.86. The molecule has 8 heteroatoms. The standard InChI is InChI=1S/C24H29FN4O3/c1-6-8-16(4)32-21-14-20(29-24(31)28(5)22(7-2)27-29)19(25)13-18(21)23(30)26-17-11-9-15(3)10-12-17/h9-14,16H,6-8H2,1-5H3,(H,26,30). The van der Waals surface area contributed by atoms with Crippen LogP contribution in [0.2, 0.25) is 0 Å². The van der Waals surface area contributed by atoms with Gasteiger partial charge < -0.3 is 10.1 Å². The lowest BCUT2D eigenvalue weighted by Crippen LogP contribution is -2.24. The van der Waals surface area contributed by atoms with Crippen LogP contribution in [0.4, 0.5) is 10.1 Å². The third kappa shape index (κ3) is 4.90. The van der Waals surface area contributed by atoms with Crippen molar-refractivity contribution < 1.29 is 13.9 Å². The molecule has 1 atom stereocenters. The minimum atomic E-state index is -0.739. The van der Waals surface area contributed by atoms with E-state index in [0.29, 0.717) is 17.9 Å². The smallest absolute Gasteiger partial charge is 0.350 e. The summed E-state index contributed by atoms with van der Waals surface area (Å²) in [6, 6.07) is 9.77. The molecule has 1 aromatic heterocycles. The van der Waals surface area contributed by atoms with Crippen LogP contribution in [0.1, 0.15) is 55.4 Å². The van der Waals surface area contributed by atoms with Crippen molar-refractivity contribution in [3.63, 3.8) is 0 Å². The molecule has 170 valence electrons. The predicted molar refractivity (Wildman–Crippen MR) is 122 cm³/mol. The first-order valence-electron chi connectivity index (χ1n) is 10.8. The highest BCUT2D eigenvalue weighted by molar-refractivity contribution is 6.06. The zero-order chi connectivity index (χ0) is 23.4. The number of nitrogens with zero attached hydrogens (tertiary/aromatic N) is 3. The summed E-state index contributed by atoms with van der Waals surface area (Å²) in [7, 11) is 1.59. The number of halogens is 1. The molecule has 0 saturated carbocycles. The van der Waals surface area contributed by atoms with Gasteiger partial charge in [0.2, 0.25) is 0 Å². The quantitative estimate of drug-likeness (QED) is 0.563. The molecule has 3 aromatic rings. The number of benzene rings is 2. The first kappa shape index (κ1) is 23.2.